The first-order chi connectivity index (χ1) is 9.97. The van der Waals surface area contributed by atoms with E-state index in [0.29, 0.717) is 5.56 Å². The standard InChI is InChI=1S/C14H17N3O4/c15-12(18)4-3-11(14(20)21)17-13(19)9-1-2-10-8(7-9)5-6-16-10/h1-2,7,11,16H,3-6H2,(H2,15,18)(H,17,19)(H,20,21). The van der Waals surface area contributed by atoms with Crippen LogP contribution >= 0.6 is 0 Å². The van der Waals surface area contributed by atoms with E-state index in [1.807, 2.05) is 0 Å². The van der Waals surface area contributed by atoms with E-state index in [0.717, 1.165) is 24.2 Å². The maximum absolute atomic E-state index is 12.1. The Morgan fingerprint density at radius 1 is 1.38 bits per heavy atom. The van der Waals surface area contributed by atoms with Crippen LogP contribution in [0.2, 0.25) is 0 Å². The number of rotatable bonds is 6. The van der Waals surface area contributed by atoms with Crippen molar-refractivity contribution in [1.82, 2.24) is 5.32 Å². The highest BCUT2D eigenvalue weighted by molar-refractivity contribution is 5.97. The Labute approximate surface area is 121 Å². The van der Waals surface area contributed by atoms with E-state index in [2.05, 4.69) is 10.6 Å². The van der Waals surface area contributed by atoms with Crippen LogP contribution in [0, 0.1) is 0 Å². The number of hydrogen-bond donors (Lipinski definition) is 4. The van der Waals surface area contributed by atoms with E-state index in [1.165, 1.54) is 0 Å². The number of fused-ring (bicyclic) bond motifs is 1. The van der Waals surface area contributed by atoms with Crippen LogP contribution < -0.4 is 16.4 Å². The van der Waals surface area contributed by atoms with Gasteiger partial charge in [0, 0.05) is 24.2 Å². The van der Waals surface area contributed by atoms with Crippen molar-refractivity contribution >= 4 is 23.5 Å². The van der Waals surface area contributed by atoms with Crippen molar-refractivity contribution in [1.29, 1.82) is 0 Å². The second-order valence-electron chi connectivity index (χ2n) is 4.92. The number of carboxylic acid groups (broad SMARTS) is 1. The molecule has 5 N–H and O–H groups in total. The van der Waals surface area contributed by atoms with Gasteiger partial charge in [-0.15, -0.1) is 0 Å². The normalized spacial score (nSPS) is 13.9. The molecule has 112 valence electrons. The summed E-state index contributed by atoms with van der Waals surface area (Å²) in [5, 5.41) is 14.7. The van der Waals surface area contributed by atoms with Crippen LogP contribution in [0.25, 0.3) is 0 Å². The first kappa shape index (κ1) is 14.8. The molecular formula is C14H17N3O4. The van der Waals surface area contributed by atoms with Crippen molar-refractivity contribution in [3.05, 3.63) is 29.3 Å². The van der Waals surface area contributed by atoms with E-state index in [1.54, 1.807) is 18.2 Å². The fourth-order valence-corrected chi connectivity index (χ4v) is 2.23. The van der Waals surface area contributed by atoms with Crippen LogP contribution in [0.15, 0.2) is 18.2 Å². The highest BCUT2D eigenvalue weighted by Gasteiger charge is 2.22. The summed E-state index contributed by atoms with van der Waals surface area (Å²) in [6.07, 6.45) is 0.717. The van der Waals surface area contributed by atoms with Gasteiger partial charge in [0.1, 0.15) is 6.04 Å². The average Bonchev–Trinajstić information content (AvgIpc) is 2.89. The maximum atomic E-state index is 12.1. The molecule has 1 aliphatic rings. The van der Waals surface area contributed by atoms with Gasteiger partial charge in [-0.1, -0.05) is 0 Å². The molecule has 2 amide bonds. The number of amides is 2. The molecule has 0 saturated heterocycles. The van der Waals surface area contributed by atoms with E-state index in [-0.39, 0.29) is 12.8 Å². The lowest BCUT2D eigenvalue weighted by molar-refractivity contribution is -0.139. The van der Waals surface area contributed by atoms with Crippen LogP contribution in [-0.4, -0.2) is 35.5 Å². The molecule has 1 heterocycles. The fraction of sp³-hybridized carbons (Fsp3) is 0.357. The molecule has 7 nitrogen and oxygen atoms in total. The van der Waals surface area contributed by atoms with Crippen LogP contribution in [0.5, 0.6) is 0 Å². The number of carbonyl (C=O) groups excluding carboxylic acids is 2. The number of primary amides is 1. The van der Waals surface area contributed by atoms with Gasteiger partial charge in [-0.25, -0.2) is 4.79 Å². The molecule has 0 radical (unpaired) electrons. The van der Waals surface area contributed by atoms with Crippen molar-refractivity contribution in [3.8, 4) is 0 Å². The molecular weight excluding hydrogens is 274 g/mol. The van der Waals surface area contributed by atoms with Gasteiger partial charge in [-0.05, 0) is 36.6 Å². The predicted octanol–water partition coefficient (Wildman–Crippen LogP) is 0.103. The Bertz CT molecular complexity index is 586. The molecule has 21 heavy (non-hydrogen) atoms. The summed E-state index contributed by atoms with van der Waals surface area (Å²) in [7, 11) is 0. The van der Waals surface area contributed by atoms with Gasteiger partial charge in [0.2, 0.25) is 5.91 Å². The monoisotopic (exact) mass is 291 g/mol. The van der Waals surface area contributed by atoms with Gasteiger partial charge in [-0.3, -0.25) is 9.59 Å². The third kappa shape index (κ3) is 3.71. The number of hydrogen-bond acceptors (Lipinski definition) is 4. The molecule has 0 saturated carbocycles. The summed E-state index contributed by atoms with van der Waals surface area (Å²) in [6.45, 7) is 0.830. The largest absolute Gasteiger partial charge is 0.480 e. The van der Waals surface area contributed by atoms with Gasteiger partial charge in [0.15, 0.2) is 0 Å². The van der Waals surface area contributed by atoms with Crippen molar-refractivity contribution in [2.75, 3.05) is 11.9 Å². The number of benzene rings is 1. The predicted molar refractivity (Wildman–Crippen MR) is 76.0 cm³/mol. The van der Waals surface area contributed by atoms with Crippen molar-refractivity contribution in [2.45, 2.75) is 25.3 Å². The molecule has 1 atom stereocenters. The first-order valence-electron chi connectivity index (χ1n) is 6.66. The highest BCUT2D eigenvalue weighted by atomic mass is 16.4. The lowest BCUT2D eigenvalue weighted by Gasteiger charge is -2.14. The lowest BCUT2D eigenvalue weighted by Crippen LogP contribution is -2.41. The van der Waals surface area contributed by atoms with E-state index < -0.39 is 23.8 Å². The molecule has 2 rings (SSSR count). The molecule has 1 aliphatic heterocycles. The summed E-state index contributed by atoms with van der Waals surface area (Å²) < 4.78 is 0. The van der Waals surface area contributed by atoms with Gasteiger partial charge < -0.3 is 21.5 Å². The van der Waals surface area contributed by atoms with Crippen molar-refractivity contribution < 1.29 is 19.5 Å². The minimum absolute atomic E-state index is 0.0249. The molecule has 1 aromatic carbocycles. The zero-order chi connectivity index (χ0) is 15.4. The molecule has 7 heteroatoms. The second kappa shape index (κ2) is 6.25. The number of aliphatic carboxylic acids is 1. The van der Waals surface area contributed by atoms with Crippen LogP contribution in [0.1, 0.15) is 28.8 Å². The maximum Gasteiger partial charge on any atom is 0.326 e. The SMILES string of the molecule is NC(=O)CCC(NC(=O)c1ccc2c(c1)CCN2)C(=O)O. The van der Waals surface area contributed by atoms with Gasteiger partial charge >= 0.3 is 5.97 Å². The zero-order valence-electron chi connectivity index (χ0n) is 11.4. The summed E-state index contributed by atoms with van der Waals surface area (Å²) in [6, 6.07) is 4.06. The molecule has 1 aromatic rings. The lowest BCUT2D eigenvalue weighted by atomic mass is 10.1. The number of nitrogens with one attached hydrogen (secondary N) is 2. The Kier molecular flexibility index (Phi) is 4.42. The van der Waals surface area contributed by atoms with Crippen LogP contribution in [0.3, 0.4) is 0 Å². The van der Waals surface area contributed by atoms with Crippen molar-refractivity contribution in [2.24, 2.45) is 5.73 Å². The highest BCUT2D eigenvalue weighted by Crippen LogP contribution is 2.23. The molecule has 0 fully saturated rings. The number of carboxylic acids is 1. The van der Waals surface area contributed by atoms with Gasteiger partial charge in [0.25, 0.3) is 5.91 Å². The molecule has 1 unspecified atom stereocenters. The molecule has 0 spiro atoms. The third-order valence-electron chi connectivity index (χ3n) is 3.36. The second-order valence-corrected chi connectivity index (χ2v) is 4.92. The molecule has 0 aromatic heterocycles. The van der Waals surface area contributed by atoms with E-state index in [9.17, 15) is 14.4 Å². The Balaban J connectivity index is 2.04. The van der Waals surface area contributed by atoms with Crippen molar-refractivity contribution in [3.63, 3.8) is 0 Å². The Hall–Kier alpha value is -2.57. The summed E-state index contributed by atoms with van der Waals surface area (Å²) >= 11 is 0. The van der Waals surface area contributed by atoms with E-state index in [4.69, 9.17) is 10.8 Å². The van der Waals surface area contributed by atoms with E-state index >= 15 is 0 Å². The smallest absolute Gasteiger partial charge is 0.326 e. The summed E-state index contributed by atoms with van der Waals surface area (Å²) in [4.78, 5) is 33.9. The van der Waals surface area contributed by atoms with Gasteiger partial charge in [0.05, 0.1) is 0 Å². The summed E-state index contributed by atoms with van der Waals surface area (Å²) in [5.74, 6) is -2.26. The van der Waals surface area contributed by atoms with Gasteiger partial charge in [-0.2, -0.15) is 0 Å². The van der Waals surface area contributed by atoms with Crippen LogP contribution in [-0.2, 0) is 16.0 Å². The average molecular weight is 291 g/mol. The molecule has 0 bridgehead atoms. The first-order valence-corrected chi connectivity index (χ1v) is 6.66. The number of carbonyl (C=O) groups is 3. The number of anilines is 1. The summed E-state index contributed by atoms with van der Waals surface area (Å²) in [5.41, 5.74) is 7.43. The zero-order valence-corrected chi connectivity index (χ0v) is 11.4. The molecule has 0 aliphatic carbocycles. The topological polar surface area (TPSA) is 122 Å². The fourth-order valence-electron chi connectivity index (χ4n) is 2.23. The third-order valence-corrected chi connectivity index (χ3v) is 3.36. The number of nitrogens with two attached hydrogens (primary N) is 1. The minimum atomic E-state index is -1.19. The Morgan fingerprint density at radius 2 is 2.14 bits per heavy atom. The Morgan fingerprint density at radius 3 is 2.81 bits per heavy atom. The quantitative estimate of drug-likeness (QED) is 0.592. The minimum Gasteiger partial charge on any atom is -0.480 e. The van der Waals surface area contributed by atoms with Crippen LogP contribution in [0.4, 0.5) is 5.69 Å².